The molecule has 2 saturated heterocycles. The number of benzene rings is 2. The molecule has 0 radical (unpaired) electrons. The summed E-state index contributed by atoms with van der Waals surface area (Å²) in [7, 11) is 2.17. The van der Waals surface area contributed by atoms with Crippen LogP contribution in [0.15, 0.2) is 79.4 Å². The number of halogens is 2. The summed E-state index contributed by atoms with van der Waals surface area (Å²) in [6.45, 7) is 1.88. The van der Waals surface area contributed by atoms with E-state index in [0.29, 0.717) is 12.1 Å². The smallest absolute Gasteiger partial charge is 0.164 e. The van der Waals surface area contributed by atoms with Crippen LogP contribution in [0.4, 0.5) is 10.1 Å². The number of pyridine rings is 1. The first-order valence-electron chi connectivity index (χ1n) is 13.1. The third kappa shape index (κ3) is 3.69. The van der Waals surface area contributed by atoms with Gasteiger partial charge in [0.1, 0.15) is 11.5 Å². The van der Waals surface area contributed by atoms with Gasteiger partial charge < -0.3 is 4.90 Å². The first-order valence-corrected chi connectivity index (χ1v) is 13.1. The number of nitrogens with one attached hydrogen (secondary N) is 1. The summed E-state index contributed by atoms with van der Waals surface area (Å²) in [6.07, 6.45) is 8.30. The van der Waals surface area contributed by atoms with Crippen molar-refractivity contribution in [3.8, 4) is 33.6 Å². The minimum atomic E-state index is -0.236. The number of fused-ring (bicyclic) bond motifs is 4. The highest BCUT2D eigenvalue weighted by Gasteiger charge is 2.42. The molecule has 2 bridgehead atoms. The number of hydrogen-bond donors (Lipinski definition) is 1. The van der Waals surface area contributed by atoms with Crippen LogP contribution in [0.5, 0.6) is 0 Å². The number of H-pyrrole nitrogens is 1. The van der Waals surface area contributed by atoms with E-state index in [9.17, 15) is 4.39 Å². The highest BCUT2D eigenvalue weighted by molar-refractivity contribution is 6.03. The molecule has 0 aliphatic carbocycles. The van der Waals surface area contributed by atoms with Gasteiger partial charge in [0, 0.05) is 66.0 Å². The average molecular weight is 553 g/mol. The van der Waals surface area contributed by atoms with E-state index in [1.54, 1.807) is 18.5 Å². The van der Waals surface area contributed by atoms with Crippen molar-refractivity contribution in [3.63, 3.8) is 0 Å². The predicted molar refractivity (Wildman–Crippen MR) is 156 cm³/mol. The lowest BCUT2D eigenvalue weighted by atomic mass is 9.99. The van der Waals surface area contributed by atoms with Gasteiger partial charge in [-0.15, -0.1) is 12.4 Å². The van der Waals surface area contributed by atoms with Crippen molar-refractivity contribution < 1.29 is 4.39 Å². The van der Waals surface area contributed by atoms with E-state index in [1.807, 2.05) is 53.3 Å². The Hall–Kier alpha value is -4.34. The van der Waals surface area contributed by atoms with Crippen molar-refractivity contribution in [3.05, 3.63) is 85.2 Å². The summed E-state index contributed by atoms with van der Waals surface area (Å²) in [5.74, 6) is -0.236. The van der Waals surface area contributed by atoms with Crippen molar-refractivity contribution in [2.24, 2.45) is 0 Å². The molecule has 6 aromatic rings. The van der Waals surface area contributed by atoms with Crippen LogP contribution in [0.1, 0.15) is 6.42 Å². The van der Waals surface area contributed by atoms with Gasteiger partial charge in [0.25, 0.3) is 0 Å². The fraction of sp³-hybridized carbons (Fsp3) is 0.200. The molecule has 2 aliphatic rings. The maximum absolute atomic E-state index is 14.7. The molecule has 2 fully saturated rings. The van der Waals surface area contributed by atoms with Crippen molar-refractivity contribution in [1.29, 1.82) is 0 Å². The van der Waals surface area contributed by atoms with Crippen LogP contribution >= 0.6 is 12.4 Å². The number of piperazine rings is 1. The Labute approximate surface area is 235 Å². The normalized spacial score (nSPS) is 18.6. The van der Waals surface area contributed by atoms with E-state index in [2.05, 4.69) is 38.1 Å². The van der Waals surface area contributed by atoms with Gasteiger partial charge in [-0.2, -0.15) is 10.2 Å². The molecule has 4 aromatic heterocycles. The largest absolute Gasteiger partial charge is 0.365 e. The summed E-state index contributed by atoms with van der Waals surface area (Å²) in [5.41, 5.74) is 8.04. The van der Waals surface area contributed by atoms with Gasteiger partial charge in [-0.05, 0) is 61.5 Å². The van der Waals surface area contributed by atoms with Gasteiger partial charge in [-0.1, -0.05) is 12.1 Å². The zero-order valence-electron chi connectivity index (χ0n) is 21.7. The molecule has 8 nitrogen and oxygen atoms in total. The van der Waals surface area contributed by atoms with E-state index in [0.717, 1.165) is 75.4 Å². The lowest BCUT2D eigenvalue weighted by molar-refractivity contribution is 0.292. The number of hydrogen-bond acceptors (Lipinski definition) is 6. The molecule has 200 valence electrons. The molecule has 0 unspecified atom stereocenters. The minimum Gasteiger partial charge on any atom is -0.365 e. The second-order valence-corrected chi connectivity index (χ2v) is 10.5. The first kappa shape index (κ1) is 24.7. The predicted octanol–water partition coefficient (Wildman–Crippen LogP) is 5.46. The molecular weight excluding hydrogens is 527 g/mol. The fourth-order valence-electron chi connectivity index (χ4n) is 6.42. The van der Waals surface area contributed by atoms with Gasteiger partial charge in [0.15, 0.2) is 5.65 Å². The lowest BCUT2D eigenvalue weighted by Crippen LogP contribution is -2.44. The van der Waals surface area contributed by atoms with Crippen LogP contribution in [0, 0.1) is 5.82 Å². The average Bonchev–Trinajstić information content (AvgIpc) is 3.75. The van der Waals surface area contributed by atoms with E-state index < -0.39 is 0 Å². The third-order valence-electron chi connectivity index (χ3n) is 8.29. The van der Waals surface area contributed by atoms with Crippen LogP contribution in [-0.2, 0) is 0 Å². The Morgan fingerprint density at radius 1 is 0.950 bits per heavy atom. The number of rotatable bonds is 4. The highest BCUT2D eigenvalue weighted by Crippen LogP contribution is 2.42. The maximum atomic E-state index is 14.7. The molecule has 0 saturated carbocycles. The van der Waals surface area contributed by atoms with Crippen molar-refractivity contribution in [2.45, 2.75) is 18.5 Å². The third-order valence-corrected chi connectivity index (χ3v) is 8.29. The number of likely N-dealkylation sites (tertiary alicyclic amines) is 1. The first-order chi connectivity index (χ1) is 19.2. The summed E-state index contributed by atoms with van der Waals surface area (Å²) >= 11 is 0. The summed E-state index contributed by atoms with van der Waals surface area (Å²) < 4.78 is 16.6. The number of aromatic nitrogens is 6. The molecule has 2 atom stereocenters. The van der Waals surface area contributed by atoms with E-state index in [-0.39, 0.29) is 18.2 Å². The van der Waals surface area contributed by atoms with Gasteiger partial charge in [-0.25, -0.2) is 13.9 Å². The van der Waals surface area contributed by atoms with Crippen LogP contribution in [-0.4, -0.2) is 66.9 Å². The Balaban J connectivity index is 0.00000264. The summed E-state index contributed by atoms with van der Waals surface area (Å²) in [6, 6.07) is 17.9. The maximum Gasteiger partial charge on any atom is 0.164 e. The quantitative estimate of drug-likeness (QED) is 0.313. The SMILES string of the molecule is CN1C[C@@H]2C[C@H]1CN2c1cc(F)ccc1-c1ccnc2c(-c3cccc4[nH]ncc34)c(-c3ccncc3)nn12.Cl. The Morgan fingerprint density at radius 3 is 2.62 bits per heavy atom. The molecule has 0 amide bonds. The number of likely N-dealkylation sites (N-methyl/N-ethyl adjacent to an activating group) is 1. The monoisotopic (exact) mass is 552 g/mol. The lowest BCUT2D eigenvalue weighted by Gasteiger charge is -2.34. The van der Waals surface area contributed by atoms with Gasteiger partial charge >= 0.3 is 0 Å². The van der Waals surface area contributed by atoms with Crippen molar-refractivity contribution in [2.75, 3.05) is 25.0 Å². The number of aromatic amines is 1. The van der Waals surface area contributed by atoms with E-state index in [1.165, 1.54) is 6.07 Å². The standard InChI is InChI=1S/C30H25FN8.ClH/c1-37-16-21-14-20(37)17-38(21)27-13-19(31)5-6-23(27)26-9-12-33-30-28(22-3-2-4-25-24(22)15-34-35-25)29(36-39(26)30)18-7-10-32-11-8-18;/h2-13,15,20-21H,14,16-17H2,1H3,(H,34,35);1H/t20-,21-;/m0./s1. The van der Waals surface area contributed by atoms with Crippen molar-refractivity contribution in [1.82, 2.24) is 34.7 Å². The molecule has 1 N–H and O–H groups in total. The second kappa shape index (κ2) is 9.39. The van der Waals surface area contributed by atoms with Crippen molar-refractivity contribution >= 4 is 34.6 Å². The van der Waals surface area contributed by atoms with Crippen LogP contribution in [0.3, 0.4) is 0 Å². The Kier molecular flexibility index (Phi) is 5.80. The van der Waals surface area contributed by atoms with Crippen LogP contribution < -0.4 is 4.90 Å². The van der Waals surface area contributed by atoms with Crippen LogP contribution in [0.25, 0.3) is 50.2 Å². The summed E-state index contributed by atoms with van der Waals surface area (Å²) in [4.78, 5) is 13.8. The molecule has 8 rings (SSSR count). The minimum absolute atomic E-state index is 0. The highest BCUT2D eigenvalue weighted by atomic mass is 35.5. The zero-order valence-corrected chi connectivity index (χ0v) is 22.5. The van der Waals surface area contributed by atoms with E-state index in [4.69, 9.17) is 10.1 Å². The molecule has 10 heteroatoms. The Morgan fingerprint density at radius 2 is 1.82 bits per heavy atom. The van der Waals surface area contributed by atoms with Gasteiger partial charge in [0.05, 0.1) is 23.0 Å². The Bertz CT molecular complexity index is 1860. The van der Waals surface area contributed by atoms with Gasteiger partial charge in [0.2, 0.25) is 0 Å². The molecule has 40 heavy (non-hydrogen) atoms. The second-order valence-electron chi connectivity index (χ2n) is 10.5. The van der Waals surface area contributed by atoms with E-state index >= 15 is 0 Å². The topological polar surface area (TPSA) is 78.2 Å². The zero-order chi connectivity index (χ0) is 26.1. The molecular formula is C30H26ClFN8. The van der Waals surface area contributed by atoms with Crippen LogP contribution in [0.2, 0.25) is 0 Å². The fourth-order valence-corrected chi connectivity index (χ4v) is 6.42. The van der Waals surface area contributed by atoms with Gasteiger partial charge in [-0.3, -0.25) is 15.0 Å². The summed E-state index contributed by atoms with van der Waals surface area (Å²) in [5, 5.41) is 13.5. The molecule has 6 heterocycles. The number of nitrogens with zero attached hydrogens (tertiary/aromatic N) is 7. The molecule has 2 aromatic carbocycles. The molecule has 2 aliphatic heterocycles. The molecule has 0 spiro atoms. The number of anilines is 1.